The first-order valence-corrected chi connectivity index (χ1v) is 11.9. The number of ketones is 2. The standard InChI is InChI=1S/C25H29FN4O6/c1-28-13-8-11(24(27)35)22(33)25(36)12(13)7-9-6-10-16(20(31)15(9)23(25)34)21(32)19-17(18(10)26)14(30(2)3)4-5-29-19/h8-9,12-14,28-29,32,34,36H,4-7H2,1-3H3,(H2,27,35)/t9-,12-,13+,14?,25+/m0/s1. The summed E-state index contributed by atoms with van der Waals surface area (Å²) in [6.07, 6.45) is 1.95. The molecule has 36 heavy (non-hydrogen) atoms. The number of rotatable bonds is 3. The van der Waals surface area contributed by atoms with E-state index in [1.807, 2.05) is 19.0 Å². The normalized spacial score (nSPS) is 31.2. The Morgan fingerprint density at radius 3 is 2.61 bits per heavy atom. The first-order valence-electron chi connectivity index (χ1n) is 11.9. The second-order valence-corrected chi connectivity index (χ2v) is 10.2. The van der Waals surface area contributed by atoms with Gasteiger partial charge in [0.2, 0.25) is 5.78 Å². The minimum Gasteiger partial charge on any atom is -0.508 e. The Kier molecular flexibility index (Phi) is 5.51. The topological polar surface area (TPSA) is 165 Å². The zero-order valence-corrected chi connectivity index (χ0v) is 20.2. The Morgan fingerprint density at radius 1 is 1.31 bits per heavy atom. The Balaban J connectivity index is 1.71. The second-order valence-electron chi connectivity index (χ2n) is 10.2. The van der Waals surface area contributed by atoms with Crippen LogP contribution in [0.1, 0.15) is 40.4 Å². The molecule has 1 heterocycles. The van der Waals surface area contributed by atoms with Crippen molar-refractivity contribution in [3.05, 3.63) is 45.5 Å². The number of hydrogen-bond acceptors (Lipinski definition) is 9. The van der Waals surface area contributed by atoms with E-state index in [-0.39, 0.29) is 46.8 Å². The van der Waals surface area contributed by atoms with Crippen LogP contribution in [-0.4, -0.2) is 77.0 Å². The van der Waals surface area contributed by atoms with E-state index in [1.165, 1.54) is 6.08 Å². The molecule has 3 aliphatic carbocycles. The van der Waals surface area contributed by atoms with Crippen molar-refractivity contribution in [1.29, 1.82) is 0 Å². The average molecular weight is 501 g/mol. The highest BCUT2D eigenvalue weighted by Crippen LogP contribution is 2.53. The van der Waals surface area contributed by atoms with Gasteiger partial charge < -0.3 is 36.6 Å². The summed E-state index contributed by atoms with van der Waals surface area (Å²) in [5.41, 5.74) is 2.20. The van der Waals surface area contributed by atoms with Crippen LogP contribution in [0.3, 0.4) is 0 Å². The minimum atomic E-state index is -2.57. The number of allylic oxidation sites excluding steroid dienone is 1. The summed E-state index contributed by atoms with van der Waals surface area (Å²) < 4.78 is 16.0. The van der Waals surface area contributed by atoms with Crippen LogP contribution in [0.25, 0.3) is 0 Å². The van der Waals surface area contributed by atoms with Gasteiger partial charge in [0.25, 0.3) is 5.91 Å². The van der Waals surface area contributed by atoms with Crippen molar-refractivity contribution in [3.63, 3.8) is 0 Å². The predicted molar refractivity (Wildman–Crippen MR) is 127 cm³/mol. The average Bonchev–Trinajstić information content (AvgIpc) is 2.83. The summed E-state index contributed by atoms with van der Waals surface area (Å²) in [6.45, 7) is 0.454. The van der Waals surface area contributed by atoms with Gasteiger partial charge in [0.1, 0.15) is 11.6 Å². The fourth-order valence-electron chi connectivity index (χ4n) is 6.47. The third-order valence-electron chi connectivity index (χ3n) is 8.21. The molecule has 0 saturated heterocycles. The Labute approximate surface area is 206 Å². The van der Waals surface area contributed by atoms with Gasteiger partial charge in [-0.05, 0) is 46.3 Å². The number of hydrogen-bond donors (Lipinski definition) is 6. The van der Waals surface area contributed by atoms with Crippen LogP contribution in [0.5, 0.6) is 5.75 Å². The van der Waals surface area contributed by atoms with Gasteiger partial charge in [-0.1, -0.05) is 6.08 Å². The molecule has 1 aromatic rings. The molecule has 1 unspecified atom stereocenters. The minimum absolute atomic E-state index is 0.0170. The van der Waals surface area contributed by atoms with Gasteiger partial charge in [0, 0.05) is 41.2 Å². The molecule has 0 spiro atoms. The van der Waals surface area contributed by atoms with Crippen LogP contribution in [0.4, 0.5) is 10.1 Å². The summed E-state index contributed by atoms with van der Waals surface area (Å²) >= 11 is 0. The number of carbonyl (C=O) groups excluding carboxylic acids is 3. The van der Waals surface area contributed by atoms with E-state index in [2.05, 4.69) is 10.6 Å². The van der Waals surface area contributed by atoms with Crippen LogP contribution in [0.2, 0.25) is 0 Å². The van der Waals surface area contributed by atoms with E-state index < -0.39 is 63.9 Å². The molecule has 0 bridgehead atoms. The number of aromatic hydroxyl groups is 1. The van der Waals surface area contributed by atoms with Crippen molar-refractivity contribution in [2.75, 3.05) is 33.0 Å². The fourth-order valence-corrected chi connectivity index (χ4v) is 6.47. The van der Waals surface area contributed by atoms with Crippen LogP contribution < -0.4 is 16.4 Å². The molecule has 1 aromatic carbocycles. The van der Waals surface area contributed by atoms with Crippen molar-refractivity contribution in [2.45, 2.75) is 36.9 Å². The van der Waals surface area contributed by atoms with Gasteiger partial charge >= 0.3 is 0 Å². The maximum atomic E-state index is 16.0. The number of fused-ring (bicyclic) bond motifs is 4. The van der Waals surface area contributed by atoms with E-state index in [1.54, 1.807) is 7.05 Å². The number of phenolic OH excluding ortho intramolecular Hbond substituents is 1. The number of anilines is 1. The molecule has 0 radical (unpaired) electrons. The van der Waals surface area contributed by atoms with Crippen molar-refractivity contribution in [3.8, 4) is 5.75 Å². The van der Waals surface area contributed by atoms with Crippen LogP contribution in [0.15, 0.2) is 23.0 Å². The van der Waals surface area contributed by atoms with E-state index in [9.17, 15) is 29.7 Å². The summed E-state index contributed by atoms with van der Waals surface area (Å²) in [5, 5.41) is 39.8. The maximum absolute atomic E-state index is 16.0. The lowest BCUT2D eigenvalue weighted by atomic mass is 9.59. The van der Waals surface area contributed by atoms with Crippen LogP contribution in [0, 0.1) is 17.7 Å². The third kappa shape index (κ3) is 3.02. The van der Waals surface area contributed by atoms with Gasteiger partial charge in [-0.15, -0.1) is 0 Å². The van der Waals surface area contributed by atoms with Crippen molar-refractivity contribution in [1.82, 2.24) is 10.2 Å². The summed E-state index contributed by atoms with van der Waals surface area (Å²) in [4.78, 5) is 40.6. The third-order valence-corrected chi connectivity index (χ3v) is 8.21. The fraction of sp³-hybridized carbons (Fsp3) is 0.480. The first-order chi connectivity index (χ1) is 16.9. The molecule has 0 aromatic heterocycles. The van der Waals surface area contributed by atoms with Gasteiger partial charge in [-0.2, -0.15) is 0 Å². The number of amides is 1. The second kappa shape index (κ2) is 8.12. The number of Topliss-reactive ketones (excluding diaryl/α,β-unsaturated/α-hetero) is 2. The Hall–Kier alpha value is -3.28. The number of phenols is 1. The molecule has 5 atom stereocenters. The Morgan fingerprint density at radius 2 is 2.00 bits per heavy atom. The largest absolute Gasteiger partial charge is 0.508 e. The van der Waals surface area contributed by atoms with E-state index in [0.29, 0.717) is 13.0 Å². The van der Waals surface area contributed by atoms with E-state index in [4.69, 9.17) is 5.73 Å². The molecule has 192 valence electrons. The number of nitrogens with zero attached hydrogens (tertiary/aromatic N) is 1. The smallest absolute Gasteiger partial charge is 0.252 e. The molecular weight excluding hydrogens is 471 g/mol. The van der Waals surface area contributed by atoms with Crippen molar-refractivity contribution >= 4 is 23.2 Å². The van der Waals surface area contributed by atoms with Gasteiger partial charge in [-0.25, -0.2) is 4.39 Å². The SMILES string of the molecule is CN[C@@H]1C=C(C(N)=O)C(=O)[C@@]2(O)C(O)=C3C(=O)c4c(O)c5c(c(F)c4C[C@H]3C[C@@H]12)C(N(C)C)CCN5. The van der Waals surface area contributed by atoms with E-state index in [0.717, 1.165) is 0 Å². The quantitative estimate of drug-likeness (QED) is 0.255. The molecule has 0 saturated carbocycles. The number of aliphatic hydroxyl groups excluding tert-OH is 1. The lowest BCUT2D eigenvalue weighted by Gasteiger charge is -2.48. The van der Waals surface area contributed by atoms with E-state index >= 15 is 4.39 Å². The number of carbonyl (C=O) groups is 3. The van der Waals surface area contributed by atoms with Gasteiger partial charge in [0.15, 0.2) is 17.1 Å². The number of aliphatic hydroxyl groups is 2. The van der Waals surface area contributed by atoms with Gasteiger partial charge in [0.05, 0.1) is 16.8 Å². The number of primary amides is 1. The number of likely N-dealkylation sites (N-methyl/N-ethyl adjacent to an activating group) is 1. The lowest BCUT2D eigenvalue weighted by molar-refractivity contribution is -0.144. The summed E-state index contributed by atoms with van der Waals surface area (Å²) in [5.74, 6) is -6.57. The molecular formula is C25H29FN4O6. The molecule has 10 nitrogen and oxygen atoms in total. The van der Waals surface area contributed by atoms with Crippen molar-refractivity contribution < 1.29 is 34.1 Å². The lowest BCUT2D eigenvalue weighted by Crippen LogP contribution is -2.62. The molecule has 1 amide bonds. The molecule has 7 N–H and O–H groups in total. The Bertz CT molecular complexity index is 1290. The van der Waals surface area contributed by atoms with Crippen molar-refractivity contribution in [2.24, 2.45) is 17.6 Å². The summed E-state index contributed by atoms with van der Waals surface area (Å²) in [7, 11) is 5.19. The molecule has 0 fully saturated rings. The monoisotopic (exact) mass is 500 g/mol. The highest BCUT2D eigenvalue weighted by Gasteiger charge is 2.60. The molecule has 1 aliphatic heterocycles. The highest BCUT2D eigenvalue weighted by molar-refractivity contribution is 6.24. The first kappa shape index (κ1) is 24.4. The molecule has 5 rings (SSSR count). The van der Waals surface area contributed by atoms with Gasteiger partial charge in [-0.3, -0.25) is 14.4 Å². The zero-order chi connectivity index (χ0) is 26.3. The zero-order valence-electron chi connectivity index (χ0n) is 20.2. The molecule has 11 heteroatoms. The van der Waals surface area contributed by atoms with Crippen LogP contribution >= 0.6 is 0 Å². The molecule has 4 aliphatic rings. The number of halogens is 1. The van der Waals surface area contributed by atoms with Crippen LogP contribution in [-0.2, 0) is 16.0 Å². The summed E-state index contributed by atoms with van der Waals surface area (Å²) in [6, 6.07) is -1.03. The highest BCUT2D eigenvalue weighted by atomic mass is 19.1. The maximum Gasteiger partial charge on any atom is 0.252 e. The number of benzene rings is 1. The number of nitrogens with one attached hydrogen (secondary N) is 2. The number of nitrogens with two attached hydrogens (primary N) is 1. The predicted octanol–water partition coefficient (Wildman–Crippen LogP) is 0.450.